The maximum atomic E-state index is 11.7. The van der Waals surface area contributed by atoms with E-state index in [4.69, 9.17) is 15.7 Å². The number of benzene rings is 1. The molecule has 1 unspecified atom stereocenters. The summed E-state index contributed by atoms with van der Waals surface area (Å²) in [7, 11) is 0. The van der Waals surface area contributed by atoms with Crippen molar-refractivity contribution in [2.45, 2.75) is 32.2 Å². The summed E-state index contributed by atoms with van der Waals surface area (Å²) >= 11 is 0. The molecule has 0 heterocycles. The first kappa shape index (κ1) is 14.2. The summed E-state index contributed by atoms with van der Waals surface area (Å²) in [5.41, 5.74) is 6.89. The van der Waals surface area contributed by atoms with Crippen molar-refractivity contribution >= 4 is 5.97 Å². The Morgan fingerprint density at radius 1 is 1.44 bits per heavy atom. The van der Waals surface area contributed by atoms with Crippen LogP contribution in [0.2, 0.25) is 0 Å². The molecule has 0 saturated carbocycles. The van der Waals surface area contributed by atoms with Gasteiger partial charge in [0.15, 0.2) is 0 Å². The van der Waals surface area contributed by atoms with Gasteiger partial charge in [-0.3, -0.25) is 4.79 Å². The molecule has 0 aliphatic rings. The third-order valence-electron chi connectivity index (χ3n) is 3.08. The molecule has 0 fully saturated rings. The van der Waals surface area contributed by atoms with Crippen molar-refractivity contribution < 1.29 is 9.53 Å². The Hall–Kier alpha value is -1.86. The van der Waals surface area contributed by atoms with Gasteiger partial charge < -0.3 is 10.5 Å². The highest BCUT2D eigenvalue weighted by molar-refractivity contribution is 5.77. The van der Waals surface area contributed by atoms with E-state index in [1.807, 2.05) is 26.0 Å². The summed E-state index contributed by atoms with van der Waals surface area (Å²) in [4.78, 5) is 11.7. The van der Waals surface area contributed by atoms with Gasteiger partial charge >= 0.3 is 5.97 Å². The van der Waals surface area contributed by atoms with E-state index >= 15 is 0 Å². The van der Waals surface area contributed by atoms with Gasteiger partial charge in [-0.2, -0.15) is 5.26 Å². The van der Waals surface area contributed by atoms with Gasteiger partial charge in [-0.25, -0.2) is 0 Å². The second kappa shape index (κ2) is 5.65. The van der Waals surface area contributed by atoms with Gasteiger partial charge in [0.25, 0.3) is 0 Å². The highest BCUT2D eigenvalue weighted by Crippen LogP contribution is 2.27. The molecular formula is C14H18N2O2. The third-order valence-corrected chi connectivity index (χ3v) is 3.08. The molecule has 1 rings (SSSR count). The number of hydrogen-bond donors (Lipinski definition) is 1. The normalized spacial score (nSPS) is 12.6. The van der Waals surface area contributed by atoms with Gasteiger partial charge in [0.1, 0.15) is 6.04 Å². The van der Waals surface area contributed by atoms with Crippen molar-refractivity contribution in [2.75, 3.05) is 6.61 Å². The molecule has 0 radical (unpaired) electrons. The lowest BCUT2D eigenvalue weighted by molar-refractivity contribution is -0.146. The average molecular weight is 246 g/mol. The summed E-state index contributed by atoms with van der Waals surface area (Å²) < 4.78 is 4.94. The zero-order valence-corrected chi connectivity index (χ0v) is 10.9. The van der Waals surface area contributed by atoms with Crippen molar-refractivity contribution in [1.82, 2.24) is 0 Å². The minimum atomic E-state index is -0.731. The lowest BCUT2D eigenvalue weighted by atomic mass is 9.78. The van der Waals surface area contributed by atoms with Crippen LogP contribution in [0.15, 0.2) is 24.3 Å². The molecule has 96 valence electrons. The summed E-state index contributed by atoms with van der Waals surface area (Å²) in [5, 5.41) is 8.75. The largest absolute Gasteiger partial charge is 0.465 e. The molecule has 0 amide bonds. The Kier molecular flexibility index (Phi) is 4.46. The van der Waals surface area contributed by atoms with Crippen molar-refractivity contribution in [1.29, 1.82) is 5.26 Å². The fraction of sp³-hybridized carbons (Fsp3) is 0.429. The molecular weight excluding hydrogens is 228 g/mol. The number of hydrogen-bond acceptors (Lipinski definition) is 4. The van der Waals surface area contributed by atoms with Crippen molar-refractivity contribution in [3.05, 3.63) is 35.4 Å². The van der Waals surface area contributed by atoms with Gasteiger partial charge in [0, 0.05) is 5.41 Å². The Morgan fingerprint density at radius 2 is 2.00 bits per heavy atom. The number of nitrogens with two attached hydrogens (primary N) is 1. The van der Waals surface area contributed by atoms with Crippen molar-refractivity contribution in [3.63, 3.8) is 0 Å². The first-order valence-corrected chi connectivity index (χ1v) is 5.86. The van der Waals surface area contributed by atoms with E-state index < -0.39 is 17.4 Å². The lowest BCUT2D eigenvalue weighted by Crippen LogP contribution is -2.47. The Labute approximate surface area is 107 Å². The second-order valence-corrected chi connectivity index (χ2v) is 4.64. The van der Waals surface area contributed by atoms with Crippen LogP contribution in [-0.4, -0.2) is 18.6 Å². The van der Waals surface area contributed by atoms with Crippen molar-refractivity contribution in [3.8, 4) is 6.07 Å². The van der Waals surface area contributed by atoms with Crippen LogP contribution in [0.25, 0.3) is 0 Å². The quantitative estimate of drug-likeness (QED) is 0.821. The number of carbonyl (C=O) groups is 1. The van der Waals surface area contributed by atoms with Crippen LogP contribution in [0, 0.1) is 11.3 Å². The summed E-state index contributed by atoms with van der Waals surface area (Å²) in [6.07, 6.45) is 0. The van der Waals surface area contributed by atoms with Gasteiger partial charge in [-0.15, -0.1) is 0 Å². The first-order valence-electron chi connectivity index (χ1n) is 5.86. The van der Waals surface area contributed by atoms with Crippen LogP contribution in [-0.2, 0) is 14.9 Å². The molecule has 0 spiro atoms. The fourth-order valence-electron chi connectivity index (χ4n) is 1.68. The smallest absolute Gasteiger partial charge is 0.323 e. The summed E-state index contributed by atoms with van der Waals surface area (Å²) in [6, 6.07) is 8.39. The first-order chi connectivity index (χ1) is 8.43. The zero-order valence-electron chi connectivity index (χ0n) is 10.9. The predicted octanol–water partition coefficient (Wildman–Crippen LogP) is 1.73. The number of nitriles is 1. The van der Waals surface area contributed by atoms with Crippen LogP contribution < -0.4 is 5.73 Å². The van der Waals surface area contributed by atoms with E-state index in [0.29, 0.717) is 12.2 Å². The number of esters is 1. The van der Waals surface area contributed by atoms with E-state index in [-0.39, 0.29) is 0 Å². The van der Waals surface area contributed by atoms with Crippen LogP contribution in [0.1, 0.15) is 31.9 Å². The molecule has 2 N–H and O–H groups in total. The number of carbonyl (C=O) groups excluding carboxylic acids is 1. The average Bonchev–Trinajstić information content (AvgIpc) is 2.38. The van der Waals surface area contributed by atoms with E-state index in [1.165, 1.54) is 0 Å². The highest BCUT2D eigenvalue weighted by atomic mass is 16.5. The molecule has 0 aliphatic heterocycles. The molecule has 0 aromatic heterocycles. The van der Waals surface area contributed by atoms with Crippen LogP contribution in [0.5, 0.6) is 0 Å². The molecule has 4 heteroatoms. The predicted molar refractivity (Wildman–Crippen MR) is 68.8 cm³/mol. The van der Waals surface area contributed by atoms with Gasteiger partial charge in [0.2, 0.25) is 0 Å². The van der Waals surface area contributed by atoms with Crippen LogP contribution in [0.4, 0.5) is 0 Å². The van der Waals surface area contributed by atoms with E-state index in [1.54, 1.807) is 19.1 Å². The molecule has 0 aliphatic carbocycles. The van der Waals surface area contributed by atoms with Gasteiger partial charge in [-0.1, -0.05) is 26.0 Å². The molecule has 18 heavy (non-hydrogen) atoms. The minimum absolute atomic E-state index is 0.315. The molecule has 0 saturated heterocycles. The molecule has 0 bridgehead atoms. The van der Waals surface area contributed by atoms with E-state index in [2.05, 4.69) is 6.07 Å². The third kappa shape index (κ3) is 2.88. The van der Waals surface area contributed by atoms with Crippen molar-refractivity contribution in [2.24, 2.45) is 5.73 Å². The lowest BCUT2D eigenvalue weighted by Gasteiger charge is -2.30. The standard InChI is InChI=1S/C14H18N2O2/c1-4-18-13(17)12(16)14(2,3)11-7-5-10(9-15)6-8-11/h5-8,12H,4,16H2,1-3H3. The Morgan fingerprint density at radius 3 is 2.44 bits per heavy atom. The molecule has 1 atom stereocenters. The van der Waals surface area contributed by atoms with Crippen LogP contribution >= 0.6 is 0 Å². The maximum Gasteiger partial charge on any atom is 0.323 e. The number of nitrogens with zero attached hydrogens (tertiary/aromatic N) is 1. The fourth-order valence-corrected chi connectivity index (χ4v) is 1.68. The minimum Gasteiger partial charge on any atom is -0.465 e. The molecule has 4 nitrogen and oxygen atoms in total. The monoisotopic (exact) mass is 246 g/mol. The summed E-state index contributed by atoms with van der Waals surface area (Å²) in [5.74, 6) is -0.410. The summed E-state index contributed by atoms with van der Waals surface area (Å²) in [6.45, 7) is 5.83. The zero-order chi connectivity index (χ0) is 13.8. The number of rotatable bonds is 4. The maximum absolute atomic E-state index is 11.7. The second-order valence-electron chi connectivity index (χ2n) is 4.64. The molecule has 1 aromatic carbocycles. The highest BCUT2D eigenvalue weighted by Gasteiger charge is 2.34. The van der Waals surface area contributed by atoms with E-state index in [0.717, 1.165) is 5.56 Å². The van der Waals surface area contributed by atoms with Gasteiger partial charge in [-0.05, 0) is 24.6 Å². The van der Waals surface area contributed by atoms with Crippen LogP contribution in [0.3, 0.4) is 0 Å². The van der Waals surface area contributed by atoms with E-state index in [9.17, 15) is 4.79 Å². The van der Waals surface area contributed by atoms with Gasteiger partial charge in [0.05, 0.1) is 18.2 Å². The SMILES string of the molecule is CCOC(=O)C(N)C(C)(C)c1ccc(C#N)cc1. The Balaban J connectivity index is 2.97. The number of ether oxygens (including phenoxy) is 1. The topological polar surface area (TPSA) is 76.1 Å². The Bertz CT molecular complexity index is 458. The molecule has 1 aromatic rings.